The molecule has 182 valence electrons. The van der Waals surface area contributed by atoms with E-state index in [1.165, 1.54) is 0 Å². The van der Waals surface area contributed by atoms with Crippen molar-refractivity contribution in [1.82, 2.24) is 30.1 Å². The number of pyridine rings is 3. The molecule has 0 atom stereocenters. The summed E-state index contributed by atoms with van der Waals surface area (Å²) in [6.07, 6.45) is 3.38. The molecular formula is C30H20N6O2. The average Bonchev–Trinajstić information content (AvgIpc) is 3.49. The lowest BCUT2D eigenvalue weighted by atomic mass is 9.98. The van der Waals surface area contributed by atoms with Crippen LogP contribution in [0.4, 0.5) is 0 Å². The lowest BCUT2D eigenvalue weighted by molar-refractivity contribution is 0.0690. The number of aromatic amines is 1. The fourth-order valence-electron chi connectivity index (χ4n) is 4.13. The topological polar surface area (TPSA) is 118 Å². The molecule has 2 N–H and O–H groups in total. The Morgan fingerprint density at radius 3 is 1.76 bits per heavy atom. The van der Waals surface area contributed by atoms with Gasteiger partial charge in [0.2, 0.25) is 0 Å². The van der Waals surface area contributed by atoms with E-state index in [1.807, 2.05) is 91.0 Å². The molecule has 4 heterocycles. The summed E-state index contributed by atoms with van der Waals surface area (Å²) in [4.78, 5) is 29.2. The molecule has 0 unspecified atom stereocenters. The minimum atomic E-state index is -1.08. The maximum Gasteiger partial charge on any atom is 0.354 e. The highest BCUT2D eigenvalue weighted by Crippen LogP contribution is 2.29. The maximum absolute atomic E-state index is 11.7. The number of nitrogens with one attached hydrogen (secondary N) is 1. The number of hydrogen-bond acceptors (Lipinski definition) is 6. The largest absolute Gasteiger partial charge is 0.477 e. The minimum absolute atomic E-state index is 0.0269. The zero-order valence-electron chi connectivity index (χ0n) is 20.0. The molecule has 0 fully saturated rings. The highest BCUT2D eigenvalue weighted by atomic mass is 16.4. The predicted octanol–water partition coefficient (Wildman–Crippen LogP) is 6.02. The fourth-order valence-corrected chi connectivity index (χ4v) is 4.13. The van der Waals surface area contributed by atoms with Crippen LogP contribution in [-0.2, 0) is 0 Å². The Kier molecular flexibility index (Phi) is 5.95. The Morgan fingerprint density at radius 2 is 1.18 bits per heavy atom. The van der Waals surface area contributed by atoms with Crippen LogP contribution in [0, 0.1) is 0 Å². The molecule has 0 saturated carbocycles. The first-order valence-electron chi connectivity index (χ1n) is 11.9. The van der Waals surface area contributed by atoms with Crippen molar-refractivity contribution in [1.29, 1.82) is 0 Å². The SMILES string of the molecule is O=C(O)c1cc(-c2ccc(-c3ccc(-c4n[nH]c(-c5ccccn5)n4)cc3)cc2)cc(-c2ccccn2)n1. The Bertz CT molecular complexity index is 1720. The third-order valence-corrected chi connectivity index (χ3v) is 6.06. The highest BCUT2D eigenvalue weighted by molar-refractivity contribution is 5.88. The van der Waals surface area contributed by atoms with Gasteiger partial charge in [0.1, 0.15) is 11.4 Å². The molecule has 0 aliphatic heterocycles. The van der Waals surface area contributed by atoms with Gasteiger partial charge in [0.05, 0.1) is 11.4 Å². The van der Waals surface area contributed by atoms with Gasteiger partial charge in [0, 0.05) is 18.0 Å². The molecular weight excluding hydrogens is 476 g/mol. The van der Waals surface area contributed by atoms with Gasteiger partial charge in [-0.25, -0.2) is 14.8 Å². The van der Waals surface area contributed by atoms with Crippen molar-refractivity contribution in [3.63, 3.8) is 0 Å². The number of benzene rings is 2. The van der Waals surface area contributed by atoms with E-state index in [0.29, 0.717) is 23.0 Å². The molecule has 6 rings (SSSR count). The van der Waals surface area contributed by atoms with Crippen LogP contribution in [0.5, 0.6) is 0 Å². The van der Waals surface area contributed by atoms with Crippen molar-refractivity contribution in [3.05, 3.63) is 115 Å². The summed E-state index contributed by atoms with van der Waals surface area (Å²) in [7, 11) is 0. The number of carbonyl (C=O) groups is 1. The fraction of sp³-hybridized carbons (Fsp3) is 0. The number of H-pyrrole nitrogens is 1. The number of aromatic carboxylic acids is 1. The molecule has 0 aliphatic rings. The first kappa shape index (κ1) is 22.9. The van der Waals surface area contributed by atoms with Gasteiger partial charge < -0.3 is 5.11 Å². The Labute approximate surface area is 217 Å². The van der Waals surface area contributed by atoms with E-state index in [2.05, 4.69) is 30.1 Å². The molecule has 6 aromatic rings. The van der Waals surface area contributed by atoms with E-state index in [0.717, 1.165) is 33.5 Å². The number of hydrogen-bond donors (Lipinski definition) is 2. The number of nitrogens with zero attached hydrogens (tertiary/aromatic N) is 5. The number of aromatic nitrogens is 6. The predicted molar refractivity (Wildman–Crippen MR) is 144 cm³/mol. The van der Waals surface area contributed by atoms with Gasteiger partial charge in [-0.3, -0.25) is 15.1 Å². The quantitative estimate of drug-likeness (QED) is 0.289. The van der Waals surface area contributed by atoms with E-state index in [9.17, 15) is 9.90 Å². The average molecular weight is 497 g/mol. The minimum Gasteiger partial charge on any atom is -0.477 e. The number of carboxylic acid groups (broad SMARTS) is 1. The second kappa shape index (κ2) is 9.87. The van der Waals surface area contributed by atoms with Crippen LogP contribution in [0.1, 0.15) is 10.5 Å². The van der Waals surface area contributed by atoms with Gasteiger partial charge in [0.15, 0.2) is 11.6 Å². The standard InChI is InChI=1S/C30H20N6O2/c37-30(38)27-18-23(17-26(33-27)24-5-1-3-15-31-24)21-9-7-19(8-10-21)20-11-13-22(14-12-20)28-34-29(36-35-28)25-6-2-4-16-32-25/h1-18H,(H,37,38)(H,34,35,36). The van der Waals surface area contributed by atoms with Crippen molar-refractivity contribution >= 4 is 5.97 Å². The molecule has 0 bridgehead atoms. The summed E-state index contributed by atoms with van der Waals surface area (Å²) in [6.45, 7) is 0. The van der Waals surface area contributed by atoms with E-state index >= 15 is 0 Å². The third-order valence-electron chi connectivity index (χ3n) is 6.06. The zero-order valence-corrected chi connectivity index (χ0v) is 20.0. The molecule has 8 heteroatoms. The number of rotatable bonds is 6. The summed E-state index contributed by atoms with van der Waals surface area (Å²) >= 11 is 0. The zero-order chi connectivity index (χ0) is 25.9. The van der Waals surface area contributed by atoms with E-state index in [4.69, 9.17) is 0 Å². The molecule has 0 saturated heterocycles. The van der Waals surface area contributed by atoms with Crippen LogP contribution in [0.15, 0.2) is 109 Å². The van der Waals surface area contributed by atoms with Crippen LogP contribution < -0.4 is 0 Å². The van der Waals surface area contributed by atoms with Crippen LogP contribution in [0.3, 0.4) is 0 Å². The van der Waals surface area contributed by atoms with Crippen molar-refractivity contribution < 1.29 is 9.90 Å². The summed E-state index contributed by atoms with van der Waals surface area (Å²) < 4.78 is 0. The van der Waals surface area contributed by atoms with Crippen molar-refractivity contribution in [3.8, 4) is 56.5 Å². The van der Waals surface area contributed by atoms with Gasteiger partial charge in [-0.1, -0.05) is 60.7 Å². The second-order valence-electron chi connectivity index (χ2n) is 8.52. The molecule has 8 nitrogen and oxygen atoms in total. The molecule has 0 radical (unpaired) electrons. The molecule has 2 aromatic carbocycles. The summed E-state index contributed by atoms with van der Waals surface area (Å²) in [6, 6.07) is 30.5. The Balaban J connectivity index is 1.26. The Morgan fingerprint density at radius 1 is 0.605 bits per heavy atom. The normalized spacial score (nSPS) is 10.8. The lowest BCUT2D eigenvalue weighted by Gasteiger charge is -2.09. The second-order valence-corrected chi connectivity index (χ2v) is 8.52. The van der Waals surface area contributed by atoms with Gasteiger partial charge in [-0.05, 0) is 58.7 Å². The Hall–Kier alpha value is -5.50. The van der Waals surface area contributed by atoms with Crippen LogP contribution in [-0.4, -0.2) is 41.2 Å². The van der Waals surface area contributed by atoms with Crippen molar-refractivity contribution in [2.24, 2.45) is 0 Å². The molecule has 0 amide bonds. The summed E-state index contributed by atoms with van der Waals surface area (Å²) in [5, 5.41) is 16.9. The van der Waals surface area contributed by atoms with Crippen molar-refractivity contribution in [2.75, 3.05) is 0 Å². The third kappa shape index (κ3) is 4.66. The monoisotopic (exact) mass is 496 g/mol. The first-order chi connectivity index (χ1) is 18.6. The van der Waals surface area contributed by atoms with Gasteiger partial charge in [0.25, 0.3) is 0 Å². The highest BCUT2D eigenvalue weighted by Gasteiger charge is 2.13. The molecule has 38 heavy (non-hydrogen) atoms. The van der Waals surface area contributed by atoms with Gasteiger partial charge in [-0.2, -0.15) is 5.10 Å². The van der Waals surface area contributed by atoms with Crippen LogP contribution in [0.2, 0.25) is 0 Å². The summed E-state index contributed by atoms with van der Waals surface area (Å²) in [5.74, 6) is 0.135. The molecule has 0 spiro atoms. The van der Waals surface area contributed by atoms with Gasteiger partial charge >= 0.3 is 5.97 Å². The van der Waals surface area contributed by atoms with E-state index in [-0.39, 0.29) is 5.69 Å². The van der Waals surface area contributed by atoms with Gasteiger partial charge in [-0.15, -0.1) is 0 Å². The summed E-state index contributed by atoms with van der Waals surface area (Å²) in [5.41, 5.74) is 6.44. The van der Waals surface area contributed by atoms with Crippen molar-refractivity contribution in [2.45, 2.75) is 0 Å². The first-order valence-corrected chi connectivity index (χ1v) is 11.9. The maximum atomic E-state index is 11.7. The molecule has 0 aliphatic carbocycles. The molecule has 4 aromatic heterocycles. The van der Waals surface area contributed by atoms with E-state index < -0.39 is 5.97 Å². The lowest BCUT2D eigenvalue weighted by Crippen LogP contribution is -2.02. The number of carboxylic acids is 1. The van der Waals surface area contributed by atoms with E-state index in [1.54, 1.807) is 18.5 Å². The van der Waals surface area contributed by atoms with Crippen LogP contribution >= 0.6 is 0 Å². The smallest absolute Gasteiger partial charge is 0.354 e. The van der Waals surface area contributed by atoms with Crippen LogP contribution in [0.25, 0.3) is 56.5 Å².